The van der Waals surface area contributed by atoms with Gasteiger partial charge >= 0.3 is 0 Å². The molecule has 0 radical (unpaired) electrons. The van der Waals surface area contributed by atoms with E-state index in [2.05, 4.69) is 10.3 Å². The van der Waals surface area contributed by atoms with Gasteiger partial charge in [0.1, 0.15) is 12.4 Å². The molecule has 2 aromatic heterocycles. The number of ether oxygens (including phenoxy) is 1. The summed E-state index contributed by atoms with van der Waals surface area (Å²) in [5.41, 5.74) is 2.32. The molecule has 0 unspecified atom stereocenters. The second-order valence-electron chi connectivity index (χ2n) is 6.17. The molecule has 2 heterocycles. The first-order valence-corrected chi connectivity index (χ1v) is 9.11. The van der Waals surface area contributed by atoms with Gasteiger partial charge in [0.15, 0.2) is 4.83 Å². The molecule has 5 nitrogen and oxygen atoms in total. The molecule has 0 aliphatic heterocycles. The van der Waals surface area contributed by atoms with Crippen LogP contribution < -0.4 is 10.3 Å². The molecular formula is C18H19N3O2S. The highest BCUT2D eigenvalue weighted by Gasteiger charge is 2.20. The van der Waals surface area contributed by atoms with Gasteiger partial charge in [0, 0.05) is 4.88 Å². The Bertz CT molecular complexity index is 945. The number of hydrogen-bond donors (Lipinski definition) is 0. The Hall–Kier alpha value is -2.21. The van der Waals surface area contributed by atoms with Gasteiger partial charge in [0.2, 0.25) is 0 Å². The number of hydrogen-bond acceptors (Lipinski definition) is 5. The van der Waals surface area contributed by atoms with E-state index in [0.717, 1.165) is 40.8 Å². The number of aromatic nitrogens is 3. The van der Waals surface area contributed by atoms with Gasteiger partial charge < -0.3 is 4.74 Å². The quantitative estimate of drug-likeness (QED) is 0.732. The number of rotatable bonds is 4. The maximum absolute atomic E-state index is 12.8. The molecule has 0 N–H and O–H groups in total. The lowest BCUT2D eigenvalue weighted by atomic mass is 9.97. The first kappa shape index (κ1) is 15.3. The summed E-state index contributed by atoms with van der Waals surface area (Å²) in [6.07, 6.45) is 4.39. The first-order valence-electron chi connectivity index (χ1n) is 8.30. The Labute approximate surface area is 143 Å². The molecule has 1 aliphatic carbocycles. The second kappa shape index (κ2) is 6.36. The zero-order valence-corrected chi connectivity index (χ0v) is 14.4. The van der Waals surface area contributed by atoms with Gasteiger partial charge in [0.05, 0.1) is 11.9 Å². The lowest BCUT2D eigenvalue weighted by Crippen LogP contribution is -2.27. The molecule has 1 aliphatic rings. The van der Waals surface area contributed by atoms with E-state index >= 15 is 0 Å². The zero-order valence-electron chi connectivity index (χ0n) is 13.6. The Balaban J connectivity index is 1.56. The van der Waals surface area contributed by atoms with Crippen LogP contribution in [0.4, 0.5) is 0 Å². The van der Waals surface area contributed by atoms with E-state index in [1.54, 1.807) is 11.3 Å². The van der Waals surface area contributed by atoms with Gasteiger partial charge in [-0.05, 0) is 55.9 Å². The number of benzene rings is 1. The van der Waals surface area contributed by atoms with Crippen molar-refractivity contribution in [3.05, 3.63) is 50.6 Å². The van der Waals surface area contributed by atoms with Gasteiger partial charge in [-0.1, -0.05) is 17.3 Å². The highest BCUT2D eigenvalue weighted by Crippen LogP contribution is 2.33. The number of fused-ring (bicyclic) bond motifs is 3. The smallest absolute Gasteiger partial charge is 0.278 e. The van der Waals surface area contributed by atoms with E-state index in [0.29, 0.717) is 13.2 Å². The van der Waals surface area contributed by atoms with Crippen LogP contribution in [0.15, 0.2) is 29.1 Å². The summed E-state index contributed by atoms with van der Waals surface area (Å²) in [6, 6.07) is 7.88. The number of aryl methyl sites for hydroxylation is 3. The maximum Gasteiger partial charge on any atom is 0.278 e. The standard InChI is InChI=1S/C18H19N3O2S/c1-12-5-4-6-13(11-12)23-10-9-21-18(22)16-14-7-2-3-8-15(14)24-17(16)19-20-21/h4-6,11H,2-3,7-10H2,1H3. The Morgan fingerprint density at radius 1 is 1.29 bits per heavy atom. The molecule has 6 heteroatoms. The molecule has 0 saturated carbocycles. The third kappa shape index (κ3) is 2.82. The molecule has 0 bridgehead atoms. The summed E-state index contributed by atoms with van der Waals surface area (Å²) in [7, 11) is 0. The average molecular weight is 341 g/mol. The van der Waals surface area contributed by atoms with Crippen molar-refractivity contribution in [2.45, 2.75) is 39.2 Å². The van der Waals surface area contributed by atoms with Crippen molar-refractivity contribution < 1.29 is 4.74 Å². The molecular weight excluding hydrogens is 322 g/mol. The van der Waals surface area contributed by atoms with Crippen molar-refractivity contribution >= 4 is 21.6 Å². The summed E-state index contributed by atoms with van der Waals surface area (Å²) < 4.78 is 7.16. The van der Waals surface area contributed by atoms with Gasteiger partial charge in [0.25, 0.3) is 5.56 Å². The largest absolute Gasteiger partial charge is 0.492 e. The summed E-state index contributed by atoms with van der Waals surface area (Å²) >= 11 is 1.63. The Morgan fingerprint density at radius 3 is 3.04 bits per heavy atom. The zero-order chi connectivity index (χ0) is 16.5. The molecule has 0 saturated heterocycles. The summed E-state index contributed by atoms with van der Waals surface area (Å²) in [6.45, 7) is 2.83. The fourth-order valence-corrected chi connectivity index (χ4v) is 4.41. The molecule has 0 fully saturated rings. The summed E-state index contributed by atoms with van der Waals surface area (Å²) in [4.78, 5) is 14.9. The van der Waals surface area contributed by atoms with Crippen LogP contribution in [-0.2, 0) is 19.4 Å². The molecule has 0 spiro atoms. The van der Waals surface area contributed by atoms with Gasteiger partial charge in [-0.2, -0.15) is 0 Å². The second-order valence-corrected chi connectivity index (χ2v) is 7.26. The van der Waals surface area contributed by atoms with Gasteiger partial charge in [-0.15, -0.1) is 16.4 Å². The van der Waals surface area contributed by atoms with E-state index in [1.807, 2.05) is 31.2 Å². The van der Waals surface area contributed by atoms with Crippen molar-refractivity contribution in [1.29, 1.82) is 0 Å². The highest BCUT2D eigenvalue weighted by molar-refractivity contribution is 7.18. The SMILES string of the molecule is Cc1cccc(OCCn2nnc3sc4c(c3c2=O)CCCC4)c1. The van der Waals surface area contributed by atoms with Gasteiger partial charge in [-0.3, -0.25) is 4.79 Å². The van der Waals surface area contributed by atoms with Crippen LogP contribution in [0, 0.1) is 6.92 Å². The lowest BCUT2D eigenvalue weighted by molar-refractivity contribution is 0.285. The molecule has 1 aromatic carbocycles. The molecule has 0 atom stereocenters. The minimum absolute atomic E-state index is 0.0350. The fraction of sp³-hybridized carbons (Fsp3) is 0.389. The van der Waals surface area contributed by atoms with Crippen LogP contribution in [0.2, 0.25) is 0 Å². The van der Waals surface area contributed by atoms with E-state index in [9.17, 15) is 4.79 Å². The third-order valence-corrected chi connectivity index (χ3v) is 5.58. The molecule has 124 valence electrons. The van der Waals surface area contributed by atoms with Crippen molar-refractivity contribution in [1.82, 2.24) is 15.0 Å². The molecule has 3 aromatic rings. The van der Waals surface area contributed by atoms with E-state index in [-0.39, 0.29) is 5.56 Å². The summed E-state index contributed by atoms with van der Waals surface area (Å²) in [5, 5.41) is 9.12. The monoisotopic (exact) mass is 341 g/mol. The third-order valence-electron chi connectivity index (χ3n) is 4.41. The van der Waals surface area contributed by atoms with E-state index in [4.69, 9.17) is 4.74 Å². The molecule has 24 heavy (non-hydrogen) atoms. The van der Waals surface area contributed by atoms with Crippen LogP contribution >= 0.6 is 11.3 Å². The maximum atomic E-state index is 12.8. The minimum atomic E-state index is -0.0350. The Morgan fingerprint density at radius 2 is 2.17 bits per heavy atom. The van der Waals surface area contributed by atoms with Crippen LogP contribution in [0.3, 0.4) is 0 Å². The lowest BCUT2D eigenvalue weighted by Gasteiger charge is -2.10. The van der Waals surface area contributed by atoms with Crippen molar-refractivity contribution in [2.24, 2.45) is 0 Å². The van der Waals surface area contributed by atoms with Crippen LogP contribution in [0.1, 0.15) is 28.8 Å². The number of thiophene rings is 1. The van der Waals surface area contributed by atoms with Crippen LogP contribution in [0.25, 0.3) is 10.2 Å². The predicted octanol–water partition coefficient (Wildman–Crippen LogP) is 3.12. The van der Waals surface area contributed by atoms with Gasteiger partial charge in [-0.25, -0.2) is 4.68 Å². The number of nitrogens with zero attached hydrogens (tertiary/aromatic N) is 3. The Kier molecular flexibility index (Phi) is 4.06. The summed E-state index contributed by atoms with van der Waals surface area (Å²) in [5.74, 6) is 0.810. The van der Waals surface area contributed by atoms with Crippen LogP contribution in [-0.4, -0.2) is 21.6 Å². The fourth-order valence-electron chi connectivity index (χ4n) is 3.21. The van der Waals surface area contributed by atoms with Crippen molar-refractivity contribution in [2.75, 3.05) is 6.61 Å². The van der Waals surface area contributed by atoms with Crippen molar-refractivity contribution in [3.63, 3.8) is 0 Å². The topological polar surface area (TPSA) is 57.0 Å². The highest BCUT2D eigenvalue weighted by atomic mass is 32.1. The normalized spacial score (nSPS) is 13.9. The van der Waals surface area contributed by atoms with Crippen LogP contribution in [0.5, 0.6) is 5.75 Å². The first-order chi connectivity index (χ1) is 11.7. The minimum Gasteiger partial charge on any atom is -0.492 e. The molecule has 4 rings (SSSR count). The predicted molar refractivity (Wildman–Crippen MR) is 95.0 cm³/mol. The average Bonchev–Trinajstić information content (AvgIpc) is 2.96. The molecule has 0 amide bonds. The van der Waals surface area contributed by atoms with E-state index in [1.165, 1.54) is 21.5 Å². The van der Waals surface area contributed by atoms with E-state index < -0.39 is 0 Å². The van der Waals surface area contributed by atoms with Crippen molar-refractivity contribution in [3.8, 4) is 5.75 Å².